The minimum atomic E-state index is -0.276. The summed E-state index contributed by atoms with van der Waals surface area (Å²) in [4.78, 5) is 27.4. The topological polar surface area (TPSA) is 61.0 Å². The van der Waals surface area contributed by atoms with E-state index in [4.69, 9.17) is 0 Å². The van der Waals surface area contributed by atoms with Crippen molar-refractivity contribution < 1.29 is 4.79 Å². The van der Waals surface area contributed by atoms with E-state index in [1.807, 2.05) is 87.2 Å². The second-order valence-corrected chi connectivity index (χ2v) is 8.15. The number of hydrogen-bond acceptors (Lipinski definition) is 3. The van der Waals surface area contributed by atoms with Crippen molar-refractivity contribution in [2.75, 3.05) is 5.32 Å². The summed E-state index contributed by atoms with van der Waals surface area (Å²) < 4.78 is 5.25. The molecule has 0 radical (unpaired) electrons. The second-order valence-electron chi connectivity index (χ2n) is 6.94. The van der Waals surface area contributed by atoms with E-state index in [0.717, 1.165) is 21.1 Å². The number of nitrogens with one attached hydrogen (secondary N) is 1. The molecule has 7 heteroatoms. The zero-order chi connectivity index (χ0) is 20.7. The minimum absolute atomic E-state index is 0.253. The first kappa shape index (κ1) is 19.0. The molecular formula is C22H22N4O2S. The Morgan fingerprint density at radius 2 is 1.66 bits per heavy atom. The summed E-state index contributed by atoms with van der Waals surface area (Å²) in [5, 5.41) is 3.73. The van der Waals surface area contributed by atoms with Gasteiger partial charge in [-0.15, -0.1) is 11.3 Å². The Bertz CT molecular complexity index is 1240. The Balaban J connectivity index is 1.77. The molecule has 0 fully saturated rings. The van der Waals surface area contributed by atoms with Gasteiger partial charge in [-0.05, 0) is 50.6 Å². The van der Waals surface area contributed by atoms with Crippen molar-refractivity contribution in [2.24, 2.45) is 7.05 Å². The molecule has 6 nitrogen and oxygen atoms in total. The molecule has 1 N–H and O–H groups in total. The Hall–Kier alpha value is -3.32. The molecule has 0 saturated heterocycles. The number of benzene rings is 1. The number of para-hydroxylation sites is 1. The number of thiophene rings is 1. The SMILES string of the molecule is Cc1sc(-n2cccc2)c(C(=O)Nc2c(C)n(C)n(-c3ccccc3)c2=O)c1C. The van der Waals surface area contributed by atoms with E-state index < -0.39 is 0 Å². The van der Waals surface area contributed by atoms with Gasteiger partial charge >= 0.3 is 0 Å². The smallest absolute Gasteiger partial charge is 0.295 e. The van der Waals surface area contributed by atoms with Crippen LogP contribution in [0.3, 0.4) is 0 Å². The third kappa shape index (κ3) is 3.13. The summed E-state index contributed by atoms with van der Waals surface area (Å²) >= 11 is 1.56. The van der Waals surface area contributed by atoms with Gasteiger partial charge in [-0.2, -0.15) is 0 Å². The van der Waals surface area contributed by atoms with Crippen molar-refractivity contribution >= 4 is 22.9 Å². The fourth-order valence-electron chi connectivity index (χ4n) is 3.42. The molecule has 3 heterocycles. The molecule has 0 atom stereocenters. The number of carbonyl (C=O) groups excluding carboxylic acids is 1. The maximum Gasteiger partial charge on any atom is 0.295 e. The number of hydrogen-bond donors (Lipinski definition) is 1. The van der Waals surface area contributed by atoms with Gasteiger partial charge in [0, 0.05) is 24.3 Å². The molecule has 29 heavy (non-hydrogen) atoms. The highest BCUT2D eigenvalue weighted by Crippen LogP contribution is 2.31. The monoisotopic (exact) mass is 406 g/mol. The Kier molecular flexibility index (Phi) is 4.76. The lowest BCUT2D eigenvalue weighted by molar-refractivity contribution is 0.102. The first-order valence-corrected chi connectivity index (χ1v) is 10.1. The largest absolute Gasteiger partial charge is 0.316 e. The van der Waals surface area contributed by atoms with Crippen LogP contribution in [0.4, 0.5) is 5.69 Å². The van der Waals surface area contributed by atoms with Crippen LogP contribution in [-0.4, -0.2) is 19.8 Å². The van der Waals surface area contributed by atoms with Gasteiger partial charge in [-0.1, -0.05) is 18.2 Å². The molecular weight excluding hydrogens is 384 g/mol. The molecule has 0 spiro atoms. The third-order valence-corrected chi connectivity index (χ3v) is 6.45. The highest BCUT2D eigenvalue weighted by atomic mass is 32.1. The van der Waals surface area contributed by atoms with Crippen LogP contribution in [0.15, 0.2) is 59.7 Å². The van der Waals surface area contributed by atoms with Gasteiger partial charge < -0.3 is 9.88 Å². The molecule has 0 bridgehead atoms. The molecule has 0 unspecified atom stereocenters. The van der Waals surface area contributed by atoms with Crippen molar-refractivity contribution in [3.05, 3.63) is 86.9 Å². The molecule has 1 aromatic carbocycles. The number of nitrogens with zero attached hydrogens (tertiary/aromatic N) is 3. The van der Waals surface area contributed by atoms with E-state index >= 15 is 0 Å². The summed E-state index contributed by atoms with van der Waals surface area (Å²) in [7, 11) is 1.81. The zero-order valence-corrected chi connectivity index (χ0v) is 17.6. The van der Waals surface area contributed by atoms with Gasteiger partial charge in [0.25, 0.3) is 11.5 Å². The van der Waals surface area contributed by atoms with Gasteiger partial charge in [0.05, 0.1) is 16.9 Å². The Morgan fingerprint density at radius 1 is 1.00 bits per heavy atom. The molecule has 148 valence electrons. The van der Waals surface area contributed by atoms with Crippen molar-refractivity contribution in [3.8, 4) is 10.7 Å². The fourth-order valence-corrected chi connectivity index (χ4v) is 4.54. The first-order chi connectivity index (χ1) is 13.9. The summed E-state index contributed by atoms with van der Waals surface area (Å²) in [5.41, 5.74) is 3.00. The average Bonchev–Trinajstić information content (AvgIpc) is 3.39. The fraction of sp³-hybridized carbons (Fsp3) is 0.182. The number of amides is 1. The molecule has 3 aromatic heterocycles. The normalized spacial score (nSPS) is 11.0. The lowest BCUT2D eigenvalue weighted by Gasteiger charge is -2.08. The highest BCUT2D eigenvalue weighted by Gasteiger charge is 2.24. The van der Waals surface area contributed by atoms with E-state index in [1.165, 1.54) is 0 Å². The van der Waals surface area contributed by atoms with E-state index in [2.05, 4.69) is 5.32 Å². The minimum Gasteiger partial charge on any atom is -0.316 e. The number of rotatable bonds is 4. The maximum atomic E-state index is 13.3. The maximum absolute atomic E-state index is 13.3. The number of aryl methyl sites for hydroxylation is 1. The molecule has 1 amide bonds. The lowest BCUT2D eigenvalue weighted by atomic mass is 10.1. The Labute approximate surface area is 172 Å². The molecule has 0 saturated carbocycles. The molecule has 4 aromatic rings. The van der Waals surface area contributed by atoms with Crippen molar-refractivity contribution in [1.29, 1.82) is 0 Å². The molecule has 0 aliphatic rings. The lowest BCUT2D eigenvalue weighted by Crippen LogP contribution is -2.23. The molecule has 0 aliphatic carbocycles. The number of anilines is 1. The predicted molar refractivity (Wildman–Crippen MR) is 117 cm³/mol. The summed E-state index contributed by atoms with van der Waals surface area (Å²) in [6, 6.07) is 13.2. The van der Waals surface area contributed by atoms with Gasteiger partial charge in [0.2, 0.25) is 0 Å². The van der Waals surface area contributed by atoms with E-state index in [-0.39, 0.29) is 11.5 Å². The average molecular weight is 407 g/mol. The van der Waals surface area contributed by atoms with E-state index in [9.17, 15) is 9.59 Å². The standard InChI is InChI=1S/C22H22N4O2S/c1-14-16(3)29-22(25-12-8-9-13-25)18(14)20(27)23-19-15(2)24(4)26(21(19)28)17-10-6-5-7-11-17/h5-13H,1-4H3,(H,23,27). The van der Waals surface area contributed by atoms with Crippen molar-refractivity contribution in [2.45, 2.75) is 20.8 Å². The second kappa shape index (κ2) is 7.25. The van der Waals surface area contributed by atoms with Gasteiger partial charge in [-0.25, -0.2) is 4.68 Å². The Morgan fingerprint density at radius 3 is 2.31 bits per heavy atom. The van der Waals surface area contributed by atoms with E-state index in [0.29, 0.717) is 16.9 Å². The van der Waals surface area contributed by atoms with Gasteiger partial charge in [0.15, 0.2) is 0 Å². The summed E-state index contributed by atoms with van der Waals surface area (Å²) in [6.45, 7) is 5.77. The van der Waals surface area contributed by atoms with Crippen LogP contribution in [0.5, 0.6) is 0 Å². The van der Waals surface area contributed by atoms with Gasteiger partial charge in [0.1, 0.15) is 10.7 Å². The van der Waals surface area contributed by atoms with E-state index in [1.54, 1.807) is 20.7 Å². The third-order valence-electron chi connectivity index (χ3n) is 5.23. The van der Waals surface area contributed by atoms with Crippen LogP contribution in [0.25, 0.3) is 10.7 Å². The van der Waals surface area contributed by atoms with Crippen LogP contribution >= 0.6 is 11.3 Å². The highest BCUT2D eigenvalue weighted by molar-refractivity contribution is 7.15. The molecule has 4 rings (SSSR count). The summed E-state index contributed by atoms with van der Waals surface area (Å²) in [5.74, 6) is -0.276. The summed E-state index contributed by atoms with van der Waals surface area (Å²) in [6.07, 6.45) is 3.83. The van der Waals surface area contributed by atoms with Crippen LogP contribution in [0.2, 0.25) is 0 Å². The van der Waals surface area contributed by atoms with Crippen molar-refractivity contribution in [3.63, 3.8) is 0 Å². The zero-order valence-electron chi connectivity index (χ0n) is 16.8. The number of aromatic nitrogens is 3. The van der Waals surface area contributed by atoms with Crippen LogP contribution in [0.1, 0.15) is 26.5 Å². The van der Waals surface area contributed by atoms with Crippen LogP contribution in [-0.2, 0) is 7.05 Å². The predicted octanol–water partition coefficient (Wildman–Crippen LogP) is 4.21. The first-order valence-electron chi connectivity index (χ1n) is 9.29. The quantitative estimate of drug-likeness (QED) is 0.552. The van der Waals surface area contributed by atoms with Crippen molar-refractivity contribution in [1.82, 2.24) is 13.9 Å². The molecule has 0 aliphatic heterocycles. The van der Waals surface area contributed by atoms with Crippen LogP contribution < -0.4 is 10.9 Å². The number of carbonyl (C=O) groups is 1. The van der Waals surface area contributed by atoms with Crippen LogP contribution in [0, 0.1) is 20.8 Å². The van der Waals surface area contributed by atoms with Gasteiger partial charge in [-0.3, -0.25) is 14.3 Å².